The minimum absolute atomic E-state index is 0.0829. The summed E-state index contributed by atoms with van der Waals surface area (Å²) < 4.78 is 1.93. The number of nitrogens with zero attached hydrogens (tertiary/aromatic N) is 3. The molecule has 0 unspecified atom stereocenters. The second-order valence-corrected chi connectivity index (χ2v) is 4.11. The van der Waals surface area contributed by atoms with Gasteiger partial charge in [0.15, 0.2) is 11.0 Å². The molecule has 0 amide bonds. The van der Waals surface area contributed by atoms with E-state index in [9.17, 15) is 5.11 Å². The van der Waals surface area contributed by atoms with Gasteiger partial charge in [-0.25, -0.2) is 0 Å². The van der Waals surface area contributed by atoms with Crippen LogP contribution in [0.15, 0.2) is 35.5 Å². The van der Waals surface area contributed by atoms with Crippen LogP contribution in [0.4, 0.5) is 0 Å². The quantitative estimate of drug-likeness (QED) is 0.817. The van der Waals surface area contributed by atoms with Crippen LogP contribution in [0.5, 0.6) is 0 Å². The number of aliphatic hydroxyl groups excluding tert-OH is 1. The number of hydrogen-bond acceptors (Lipinski definition) is 4. The third-order valence-electron chi connectivity index (χ3n) is 2.30. The molecule has 4 nitrogen and oxygen atoms in total. The van der Waals surface area contributed by atoms with Gasteiger partial charge >= 0.3 is 0 Å². The molecule has 0 spiro atoms. The zero-order chi connectivity index (χ0) is 11.4. The van der Waals surface area contributed by atoms with Crippen molar-refractivity contribution in [3.05, 3.63) is 41.7 Å². The fourth-order valence-electron chi connectivity index (χ4n) is 1.51. The average Bonchev–Trinajstić information content (AvgIpc) is 2.72. The Bertz CT molecular complexity index is 434. The summed E-state index contributed by atoms with van der Waals surface area (Å²) in [6.45, 7) is 0.611. The number of aliphatic hydroxyl groups is 1. The molecular weight excluding hydrogens is 222 g/mol. The molecule has 0 aliphatic carbocycles. The van der Waals surface area contributed by atoms with E-state index in [0.29, 0.717) is 12.4 Å². The van der Waals surface area contributed by atoms with Gasteiger partial charge in [0, 0.05) is 0 Å². The lowest BCUT2D eigenvalue weighted by atomic mass is 10.2. The van der Waals surface area contributed by atoms with Gasteiger partial charge in [0.25, 0.3) is 0 Å². The smallest absolute Gasteiger partial charge is 0.191 e. The highest BCUT2D eigenvalue weighted by Gasteiger charge is 2.10. The summed E-state index contributed by atoms with van der Waals surface area (Å²) >= 11 is 1.53. The molecule has 0 aliphatic heterocycles. The van der Waals surface area contributed by atoms with Crippen molar-refractivity contribution >= 4 is 11.8 Å². The van der Waals surface area contributed by atoms with Gasteiger partial charge in [0.05, 0.1) is 6.54 Å². The highest BCUT2D eigenvalue weighted by molar-refractivity contribution is 7.98. The van der Waals surface area contributed by atoms with E-state index >= 15 is 0 Å². The average molecular weight is 235 g/mol. The van der Waals surface area contributed by atoms with E-state index in [1.54, 1.807) is 0 Å². The molecule has 0 bridgehead atoms. The third-order valence-corrected chi connectivity index (χ3v) is 2.97. The molecule has 2 aromatic rings. The molecular formula is C11H13N3OS. The van der Waals surface area contributed by atoms with Crippen molar-refractivity contribution in [3.63, 3.8) is 0 Å². The molecule has 0 aliphatic rings. The van der Waals surface area contributed by atoms with E-state index in [1.807, 2.05) is 41.2 Å². The predicted octanol–water partition coefficient (Wildman–Crippen LogP) is 1.54. The van der Waals surface area contributed by atoms with Crippen LogP contribution < -0.4 is 0 Å². The van der Waals surface area contributed by atoms with Gasteiger partial charge in [-0.1, -0.05) is 42.1 Å². The lowest BCUT2D eigenvalue weighted by molar-refractivity contribution is 0.264. The zero-order valence-electron chi connectivity index (χ0n) is 9.00. The molecule has 2 rings (SSSR count). The van der Waals surface area contributed by atoms with Gasteiger partial charge in [-0.3, -0.25) is 4.57 Å². The Morgan fingerprint density at radius 3 is 2.62 bits per heavy atom. The van der Waals surface area contributed by atoms with Crippen molar-refractivity contribution < 1.29 is 5.11 Å². The maximum Gasteiger partial charge on any atom is 0.191 e. The summed E-state index contributed by atoms with van der Waals surface area (Å²) in [5, 5.41) is 18.0. The summed E-state index contributed by atoms with van der Waals surface area (Å²) in [5.74, 6) is 0.605. The lowest BCUT2D eigenvalue weighted by Crippen LogP contribution is -2.06. The highest BCUT2D eigenvalue weighted by atomic mass is 32.2. The fraction of sp³-hybridized carbons (Fsp3) is 0.273. The third kappa shape index (κ3) is 2.25. The number of aromatic nitrogens is 3. The Labute approximate surface area is 98.3 Å². The SMILES string of the molecule is CSc1nnc(CO)n1Cc1ccccc1. The van der Waals surface area contributed by atoms with Gasteiger partial charge in [-0.2, -0.15) is 0 Å². The Morgan fingerprint density at radius 2 is 2.00 bits per heavy atom. The predicted molar refractivity (Wildman–Crippen MR) is 63.3 cm³/mol. The van der Waals surface area contributed by atoms with Gasteiger partial charge in [0.2, 0.25) is 0 Å². The normalized spacial score (nSPS) is 10.6. The number of hydrogen-bond donors (Lipinski definition) is 1. The number of benzene rings is 1. The number of thioether (sulfide) groups is 1. The second-order valence-electron chi connectivity index (χ2n) is 3.33. The Kier molecular flexibility index (Phi) is 3.58. The van der Waals surface area contributed by atoms with Gasteiger partial charge in [-0.05, 0) is 11.8 Å². The Hall–Kier alpha value is -1.33. The van der Waals surface area contributed by atoms with Crippen LogP contribution in [-0.2, 0) is 13.2 Å². The van der Waals surface area contributed by atoms with Crippen LogP contribution in [0.1, 0.15) is 11.4 Å². The summed E-state index contributed by atoms with van der Waals surface area (Å²) in [6.07, 6.45) is 1.95. The Balaban J connectivity index is 2.29. The summed E-state index contributed by atoms with van der Waals surface area (Å²) in [4.78, 5) is 0. The van der Waals surface area contributed by atoms with Crippen molar-refractivity contribution in [1.29, 1.82) is 0 Å². The molecule has 5 heteroatoms. The summed E-state index contributed by atoms with van der Waals surface area (Å²) in [5.41, 5.74) is 1.17. The minimum Gasteiger partial charge on any atom is -0.388 e. The van der Waals surface area contributed by atoms with E-state index in [2.05, 4.69) is 10.2 Å². The summed E-state index contributed by atoms with van der Waals surface area (Å²) in [7, 11) is 0. The summed E-state index contributed by atoms with van der Waals surface area (Å²) in [6, 6.07) is 10.1. The van der Waals surface area contributed by atoms with E-state index < -0.39 is 0 Å². The largest absolute Gasteiger partial charge is 0.388 e. The van der Waals surface area contributed by atoms with Crippen molar-refractivity contribution in [2.24, 2.45) is 0 Å². The molecule has 0 atom stereocenters. The first-order chi connectivity index (χ1) is 7.85. The first-order valence-corrected chi connectivity index (χ1v) is 6.18. The standard InChI is InChI=1S/C11H13N3OS/c1-16-11-13-12-10(8-15)14(11)7-9-5-3-2-4-6-9/h2-6,15H,7-8H2,1H3. The first kappa shape index (κ1) is 11.2. The zero-order valence-corrected chi connectivity index (χ0v) is 9.81. The van der Waals surface area contributed by atoms with Crippen LogP contribution in [0.25, 0.3) is 0 Å². The fourth-order valence-corrected chi connectivity index (χ4v) is 2.02. The molecule has 84 valence electrons. The van der Waals surface area contributed by atoms with Crippen molar-refractivity contribution in [2.45, 2.75) is 18.3 Å². The lowest BCUT2D eigenvalue weighted by Gasteiger charge is -2.07. The van der Waals surface area contributed by atoms with Crippen molar-refractivity contribution in [1.82, 2.24) is 14.8 Å². The topological polar surface area (TPSA) is 50.9 Å². The van der Waals surface area contributed by atoms with Crippen LogP contribution >= 0.6 is 11.8 Å². The van der Waals surface area contributed by atoms with Crippen LogP contribution in [-0.4, -0.2) is 26.1 Å². The first-order valence-electron chi connectivity index (χ1n) is 4.96. The monoisotopic (exact) mass is 235 g/mol. The molecule has 0 fully saturated rings. The van der Waals surface area contributed by atoms with Crippen LogP contribution in [0.2, 0.25) is 0 Å². The molecule has 0 radical (unpaired) electrons. The van der Waals surface area contributed by atoms with Gasteiger partial charge < -0.3 is 5.11 Å². The molecule has 1 aromatic carbocycles. The molecule has 16 heavy (non-hydrogen) atoms. The minimum atomic E-state index is -0.0829. The molecule has 0 saturated carbocycles. The Morgan fingerprint density at radius 1 is 1.25 bits per heavy atom. The van der Waals surface area contributed by atoms with E-state index in [4.69, 9.17) is 0 Å². The van der Waals surface area contributed by atoms with Gasteiger partial charge in [-0.15, -0.1) is 10.2 Å². The molecule has 1 heterocycles. The molecule has 0 saturated heterocycles. The maximum atomic E-state index is 9.17. The van der Waals surface area contributed by atoms with E-state index in [1.165, 1.54) is 17.3 Å². The van der Waals surface area contributed by atoms with E-state index in [-0.39, 0.29) is 6.61 Å². The van der Waals surface area contributed by atoms with Gasteiger partial charge in [0.1, 0.15) is 6.61 Å². The van der Waals surface area contributed by atoms with Crippen molar-refractivity contribution in [3.8, 4) is 0 Å². The molecule has 1 aromatic heterocycles. The molecule has 1 N–H and O–H groups in total. The second kappa shape index (κ2) is 5.14. The van der Waals surface area contributed by atoms with E-state index in [0.717, 1.165) is 5.16 Å². The van der Waals surface area contributed by atoms with Crippen LogP contribution in [0, 0.1) is 0 Å². The van der Waals surface area contributed by atoms with Crippen LogP contribution in [0.3, 0.4) is 0 Å². The maximum absolute atomic E-state index is 9.17. The van der Waals surface area contributed by atoms with Crippen molar-refractivity contribution in [2.75, 3.05) is 6.26 Å². The number of rotatable bonds is 4. The highest BCUT2D eigenvalue weighted by Crippen LogP contribution is 2.15.